The average molecular weight is 401 g/mol. The van der Waals surface area contributed by atoms with Crippen molar-refractivity contribution < 1.29 is 14.6 Å². The Morgan fingerprint density at radius 2 is 1.66 bits per heavy atom. The molecule has 0 unspecified atom stereocenters. The van der Waals surface area contributed by atoms with E-state index in [1.807, 2.05) is 78.9 Å². The van der Waals surface area contributed by atoms with Crippen LogP contribution >= 0.6 is 11.3 Å². The zero-order valence-electron chi connectivity index (χ0n) is 15.6. The van der Waals surface area contributed by atoms with E-state index in [4.69, 9.17) is 4.74 Å². The summed E-state index contributed by atoms with van der Waals surface area (Å²) in [7, 11) is 0. The van der Waals surface area contributed by atoms with E-state index in [9.17, 15) is 9.90 Å². The van der Waals surface area contributed by atoms with Gasteiger partial charge in [-0.15, -0.1) is 11.3 Å². The molecule has 1 N–H and O–H groups in total. The van der Waals surface area contributed by atoms with Crippen LogP contribution in [0.5, 0.6) is 5.75 Å². The van der Waals surface area contributed by atoms with Gasteiger partial charge >= 0.3 is 5.97 Å². The number of thiazole rings is 1. The molecule has 0 aliphatic rings. The quantitative estimate of drug-likeness (QED) is 0.410. The highest BCUT2D eigenvalue weighted by Gasteiger charge is 2.12. The SMILES string of the molecule is O=C(O)/C=C(/Cc1ccc(OCc2ccccc2)cc1)c1nc2ccccc2s1. The van der Waals surface area contributed by atoms with Crippen LogP contribution in [0, 0.1) is 0 Å². The Kier molecular flexibility index (Phi) is 5.68. The summed E-state index contributed by atoms with van der Waals surface area (Å²) >= 11 is 1.51. The molecule has 0 fully saturated rings. The fraction of sp³-hybridized carbons (Fsp3) is 0.0833. The highest BCUT2D eigenvalue weighted by atomic mass is 32.1. The number of rotatable bonds is 7. The maximum atomic E-state index is 11.3. The van der Waals surface area contributed by atoms with Crippen LogP contribution in [0.15, 0.2) is 84.9 Å². The van der Waals surface area contributed by atoms with Gasteiger partial charge in [0.2, 0.25) is 0 Å². The van der Waals surface area contributed by atoms with Gasteiger partial charge in [-0.1, -0.05) is 54.6 Å². The van der Waals surface area contributed by atoms with E-state index in [1.54, 1.807) is 0 Å². The van der Waals surface area contributed by atoms with Gasteiger partial charge in [-0.05, 0) is 41.0 Å². The molecule has 5 heteroatoms. The molecule has 0 radical (unpaired) electrons. The molecule has 4 rings (SSSR count). The number of para-hydroxylation sites is 1. The lowest BCUT2D eigenvalue weighted by Gasteiger charge is -2.08. The first-order chi connectivity index (χ1) is 14.2. The molecule has 0 spiro atoms. The van der Waals surface area contributed by atoms with Gasteiger partial charge in [-0.2, -0.15) is 0 Å². The topological polar surface area (TPSA) is 59.4 Å². The van der Waals surface area contributed by atoms with Crippen LogP contribution in [-0.2, 0) is 17.8 Å². The third-order valence-corrected chi connectivity index (χ3v) is 5.54. The maximum Gasteiger partial charge on any atom is 0.328 e. The van der Waals surface area contributed by atoms with Crippen LogP contribution in [0.1, 0.15) is 16.1 Å². The van der Waals surface area contributed by atoms with E-state index in [2.05, 4.69) is 4.98 Å². The van der Waals surface area contributed by atoms with Gasteiger partial charge in [0, 0.05) is 12.5 Å². The number of hydrogen-bond donors (Lipinski definition) is 1. The second-order valence-electron chi connectivity index (χ2n) is 6.59. The summed E-state index contributed by atoms with van der Waals surface area (Å²) in [5, 5.41) is 10.0. The van der Waals surface area contributed by atoms with E-state index in [1.165, 1.54) is 17.4 Å². The Bertz CT molecular complexity index is 1110. The predicted molar refractivity (Wildman–Crippen MR) is 116 cm³/mol. The minimum absolute atomic E-state index is 0.491. The highest BCUT2D eigenvalue weighted by molar-refractivity contribution is 7.19. The third kappa shape index (κ3) is 4.89. The lowest BCUT2D eigenvalue weighted by atomic mass is 10.1. The fourth-order valence-electron chi connectivity index (χ4n) is 3.01. The molecular weight excluding hydrogens is 382 g/mol. The summed E-state index contributed by atoms with van der Waals surface area (Å²) in [5.41, 5.74) is 3.69. The molecule has 0 atom stereocenters. The molecule has 29 heavy (non-hydrogen) atoms. The summed E-state index contributed by atoms with van der Waals surface area (Å²) in [5.74, 6) is -0.191. The molecule has 0 bridgehead atoms. The molecule has 0 saturated carbocycles. The number of aromatic nitrogens is 1. The van der Waals surface area contributed by atoms with E-state index >= 15 is 0 Å². The van der Waals surface area contributed by atoms with Crippen LogP contribution in [0.2, 0.25) is 0 Å². The highest BCUT2D eigenvalue weighted by Crippen LogP contribution is 2.29. The number of fused-ring (bicyclic) bond motifs is 1. The van der Waals surface area contributed by atoms with Crippen molar-refractivity contribution in [3.8, 4) is 5.75 Å². The average Bonchev–Trinajstić information content (AvgIpc) is 3.17. The minimum atomic E-state index is -0.970. The molecule has 3 aromatic carbocycles. The number of nitrogens with zero attached hydrogens (tertiary/aromatic N) is 1. The molecule has 0 amide bonds. The van der Waals surface area contributed by atoms with E-state index < -0.39 is 5.97 Å². The van der Waals surface area contributed by atoms with Gasteiger partial charge in [0.05, 0.1) is 10.2 Å². The second-order valence-corrected chi connectivity index (χ2v) is 7.62. The molecule has 4 aromatic rings. The van der Waals surface area contributed by atoms with Crippen LogP contribution in [0.4, 0.5) is 0 Å². The summed E-state index contributed by atoms with van der Waals surface area (Å²) < 4.78 is 6.87. The van der Waals surface area contributed by atoms with Crippen LogP contribution in [0.3, 0.4) is 0 Å². The van der Waals surface area contributed by atoms with Crippen LogP contribution in [-0.4, -0.2) is 16.1 Å². The molecule has 1 aromatic heterocycles. The van der Waals surface area contributed by atoms with Crippen molar-refractivity contribution in [3.63, 3.8) is 0 Å². The number of allylic oxidation sites excluding steroid dienone is 1. The zero-order valence-corrected chi connectivity index (χ0v) is 16.4. The molecule has 144 valence electrons. The number of ether oxygens (including phenoxy) is 1. The normalized spacial score (nSPS) is 11.5. The van der Waals surface area contributed by atoms with Crippen LogP contribution < -0.4 is 4.74 Å². The number of carboxylic acids is 1. The van der Waals surface area contributed by atoms with E-state index in [0.29, 0.717) is 18.6 Å². The predicted octanol–water partition coefficient (Wildman–Crippen LogP) is 5.59. The molecule has 0 aliphatic heterocycles. The van der Waals surface area contributed by atoms with E-state index in [0.717, 1.165) is 32.1 Å². The monoisotopic (exact) mass is 401 g/mol. The number of carboxylic acid groups (broad SMARTS) is 1. The smallest absolute Gasteiger partial charge is 0.328 e. The molecular formula is C24H19NO3S. The Morgan fingerprint density at radius 1 is 0.931 bits per heavy atom. The van der Waals surface area contributed by atoms with Gasteiger partial charge in [0.1, 0.15) is 17.4 Å². The molecule has 0 aliphatic carbocycles. The van der Waals surface area contributed by atoms with Crippen molar-refractivity contribution in [2.45, 2.75) is 13.0 Å². The Hall–Kier alpha value is -3.44. The standard InChI is InChI=1S/C24H19NO3S/c26-23(27)15-19(24-25-21-8-4-5-9-22(21)29-24)14-17-10-12-20(13-11-17)28-16-18-6-2-1-3-7-18/h1-13,15H,14,16H2,(H,26,27)/b19-15-. The van der Waals surface area contributed by atoms with Crippen molar-refractivity contribution in [1.29, 1.82) is 0 Å². The number of hydrogen-bond acceptors (Lipinski definition) is 4. The minimum Gasteiger partial charge on any atom is -0.489 e. The Morgan fingerprint density at radius 3 is 2.38 bits per heavy atom. The first-order valence-corrected chi connectivity index (χ1v) is 10.0. The number of carbonyl (C=O) groups is 1. The third-order valence-electron chi connectivity index (χ3n) is 4.43. The Balaban J connectivity index is 1.49. The van der Waals surface area contributed by atoms with Gasteiger partial charge in [0.15, 0.2) is 0 Å². The molecule has 1 heterocycles. The summed E-state index contributed by atoms with van der Waals surface area (Å²) in [6.45, 7) is 0.510. The van der Waals surface area contributed by atoms with Crippen molar-refractivity contribution in [1.82, 2.24) is 4.98 Å². The zero-order chi connectivity index (χ0) is 20.1. The second kappa shape index (κ2) is 8.71. The van der Waals surface area contributed by atoms with Gasteiger partial charge < -0.3 is 9.84 Å². The fourth-order valence-corrected chi connectivity index (χ4v) is 3.99. The van der Waals surface area contributed by atoms with Crippen molar-refractivity contribution in [3.05, 3.63) is 101 Å². The maximum absolute atomic E-state index is 11.3. The van der Waals surface area contributed by atoms with Gasteiger partial charge in [-0.25, -0.2) is 9.78 Å². The van der Waals surface area contributed by atoms with Crippen molar-refractivity contribution in [2.24, 2.45) is 0 Å². The molecule has 4 nitrogen and oxygen atoms in total. The lowest BCUT2D eigenvalue weighted by Crippen LogP contribution is -1.97. The first kappa shape index (κ1) is 18.9. The first-order valence-electron chi connectivity index (χ1n) is 9.22. The number of aliphatic carboxylic acids is 1. The Labute approximate surface area is 172 Å². The van der Waals surface area contributed by atoms with Gasteiger partial charge in [0.25, 0.3) is 0 Å². The lowest BCUT2D eigenvalue weighted by molar-refractivity contribution is -0.131. The van der Waals surface area contributed by atoms with Crippen LogP contribution in [0.25, 0.3) is 15.8 Å². The number of benzene rings is 3. The van der Waals surface area contributed by atoms with E-state index in [-0.39, 0.29) is 0 Å². The van der Waals surface area contributed by atoms with Crippen molar-refractivity contribution >= 4 is 33.1 Å². The van der Waals surface area contributed by atoms with Gasteiger partial charge in [-0.3, -0.25) is 0 Å². The summed E-state index contributed by atoms with van der Waals surface area (Å²) in [6, 6.07) is 25.6. The largest absolute Gasteiger partial charge is 0.489 e. The summed E-state index contributed by atoms with van der Waals surface area (Å²) in [6.07, 6.45) is 1.74. The summed E-state index contributed by atoms with van der Waals surface area (Å²) in [4.78, 5) is 15.9. The van der Waals surface area contributed by atoms with Crippen molar-refractivity contribution in [2.75, 3.05) is 0 Å². The molecule has 0 saturated heterocycles.